The third kappa shape index (κ3) is 2.91. The van der Waals surface area contributed by atoms with E-state index in [1.54, 1.807) is 18.2 Å². The van der Waals surface area contributed by atoms with Crippen LogP contribution in [-0.4, -0.2) is 29.1 Å². The molecule has 22 heavy (non-hydrogen) atoms. The van der Waals surface area contributed by atoms with Gasteiger partial charge in [-0.3, -0.25) is 4.79 Å². The first-order valence-electron chi connectivity index (χ1n) is 7.50. The number of phenols is 1. The summed E-state index contributed by atoms with van der Waals surface area (Å²) in [4.78, 5) is 14.5. The Morgan fingerprint density at radius 2 is 2.09 bits per heavy atom. The van der Waals surface area contributed by atoms with E-state index in [-0.39, 0.29) is 11.7 Å². The van der Waals surface area contributed by atoms with Gasteiger partial charge >= 0.3 is 0 Å². The van der Waals surface area contributed by atoms with Crippen LogP contribution in [0.4, 0.5) is 0 Å². The summed E-state index contributed by atoms with van der Waals surface area (Å²) in [5.41, 5.74) is 2.86. The van der Waals surface area contributed by atoms with Gasteiger partial charge in [0.2, 0.25) is 0 Å². The number of nitrogens with zero attached hydrogens (tertiary/aromatic N) is 1. The molecule has 0 aliphatic carbocycles. The summed E-state index contributed by atoms with van der Waals surface area (Å²) in [5, 5.41) is 9.53. The predicted octanol–water partition coefficient (Wildman–Crippen LogP) is 2.99. The number of hydrogen-bond donors (Lipinski definition) is 1. The number of hydrogen-bond acceptors (Lipinski definition) is 3. The van der Waals surface area contributed by atoms with Crippen molar-refractivity contribution >= 4 is 5.91 Å². The third-order valence-corrected chi connectivity index (χ3v) is 3.88. The van der Waals surface area contributed by atoms with Crippen LogP contribution in [0.5, 0.6) is 11.5 Å². The van der Waals surface area contributed by atoms with Crippen LogP contribution in [0.2, 0.25) is 0 Å². The smallest absolute Gasteiger partial charge is 0.254 e. The fourth-order valence-corrected chi connectivity index (χ4v) is 2.78. The maximum atomic E-state index is 12.7. The average Bonchev–Trinajstić information content (AvgIpc) is 2.54. The van der Waals surface area contributed by atoms with Gasteiger partial charge < -0.3 is 14.7 Å². The second-order valence-electron chi connectivity index (χ2n) is 5.39. The Labute approximate surface area is 130 Å². The van der Waals surface area contributed by atoms with Gasteiger partial charge in [0.1, 0.15) is 11.5 Å². The van der Waals surface area contributed by atoms with Crippen LogP contribution in [0.3, 0.4) is 0 Å². The molecule has 0 aromatic heterocycles. The fourth-order valence-electron chi connectivity index (χ4n) is 2.78. The van der Waals surface area contributed by atoms with E-state index in [9.17, 15) is 9.90 Å². The molecule has 114 valence electrons. The first-order valence-corrected chi connectivity index (χ1v) is 7.50. The molecule has 0 atom stereocenters. The Balaban J connectivity index is 1.79. The maximum absolute atomic E-state index is 12.7. The quantitative estimate of drug-likeness (QED) is 0.947. The van der Waals surface area contributed by atoms with E-state index in [0.717, 1.165) is 23.3 Å². The summed E-state index contributed by atoms with van der Waals surface area (Å²) in [6.45, 7) is 3.74. The Bertz CT molecular complexity index is 696. The van der Waals surface area contributed by atoms with Crippen LogP contribution in [0, 0.1) is 0 Å². The van der Waals surface area contributed by atoms with Gasteiger partial charge in [-0.15, -0.1) is 0 Å². The van der Waals surface area contributed by atoms with E-state index in [2.05, 4.69) is 0 Å². The van der Waals surface area contributed by atoms with Crippen molar-refractivity contribution in [3.05, 3.63) is 59.2 Å². The monoisotopic (exact) mass is 297 g/mol. The zero-order valence-corrected chi connectivity index (χ0v) is 12.6. The molecule has 0 spiro atoms. The second-order valence-corrected chi connectivity index (χ2v) is 5.39. The molecule has 1 heterocycles. The molecular formula is C18H19NO3. The van der Waals surface area contributed by atoms with E-state index in [1.165, 1.54) is 0 Å². The molecular weight excluding hydrogens is 278 g/mol. The van der Waals surface area contributed by atoms with E-state index >= 15 is 0 Å². The molecule has 0 unspecified atom stereocenters. The average molecular weight is 297 g/mol. The highest BCUT2D eigenvalue weighted by Gasteiger charge is 2.22. The van der Waals surface area contributed by atoms with E-state index in [0.29, 0.717) is 25.3 Å². The molecule has 0 fully saturated rings. The lowest BCUT2D eigenvalue weighted by Gasteiger charge is -2.29. The van der Waals surface area contributed by atoms with Crippen molar-refractivity contribution in [3.8, 4) is 11.5 Å². The van der Waals surface area contributed by atoms with Crippen LogP contribution in [-0.2, 0) is 13.0 Å². The second kappa shape index (κ2) is 6.10. The minimum absolute atomic E-state index is 0.0141. The lowest BCUT2D eigenvalue weighted by atomic mass is 9.99. The standard InChI is InChI=1S/C18H19NO3/c1-2-22-17-5-3-4-14(11-17)18(21)19-9-8-13-10-16(20)7-6-15(13)12-19/h3-7,10-11,20H,2,8-9,12H2,1H3. The molecule has 4 nitrogen and oxygen atoms in total. The lowest BCUT2D eigenvalue weighted by Crippen LogP contribution is -2.35. The summed E-state index contributed by atoms with van der Waals surface area (Å²) in [7, 11) is 0. The normalized spacial score (nSPS) is 13.6. The number of carbonyl (C=O) groups is 1. The lowest BCUT2D eigenvalue weighted by molar-refractivity contribution is 0.0734. The van der Waals surface area contributed by atoms with E-state index < -0.39 is 0 Å². The third-order valence-electron chi connectivity index (χ3n) is 3.88. The van der Waals surface area contributed by atoms with Gasteiger partial charge in [-0.2, -0.15) is 0 Å². The SMILES string of the molecule is CCOc1cccc(C(=O)N2CCc3cc(O)ccc3C2)c1. The Morgan fingerprint density at radius 1 is 1.23 bits per heavy atom. The number of fused-ring (bicyclic) bond motifs is 1. The summed E-state index contributed by atoms with van der Waals surface area (Å²) >= 11 is 0. The molecule has 2 aromatic rings. The molecule has 3 rings (SSSR count). The molecule has 0 saturated carbocycles. The van der Waals surface area contributed by atoms with Gasteiger partial charge in [0, 0.05) is 18.7 Å². The molecule has 1 N–H and O–H groups in total. The van der Waals surface area contributed by atoms with Crippen molar-refractivity contribution in [2.45, 2.75) is 19.9 Å². The topological polar surface area (TPSA) is 49.8 Å². The molecule has 0 radical (unpaired) electrons. The number of aromatic hydroxyl groups is 1. The highest BCUT2D eigenvalue weighted by molar-refractivity contribution is 5.94. The molecule has 1 amide bonds. The van der Waals surface area contributed by atoms with Gasteiger partial charge in [-0.1, -0.05) is 12.1 Å². The van der Waals surface area contributed by atoms with Gasteiger partial charge in [0.05, 0.1) is 6.61 Å². The molecule has 1 aliphatic heterocycles. The van der Waals surface area contributed by atoms with Crippen LogP contribution in [0.1, 0.15) is 28.4 Å². The highest BCUT2D eigenvalue weighted by atomic mass is 16.5. The van der Waals surface area contributed by atoms with Crippen LogP contribution < -0.4 is 4.74 Å². The highest BCUT2D eigenvalue weighted by Crippen LogP contribution is 2.24. The Hall–Kier alpha value is -2.49. The van der Waals surface area contributed by atoms with Gasteiger partial charge in [0.15, 0.2) is 0 Å². The van der Waals surface area contributed by atoms with Crippen LogP contribution in [0.15, 0.2) is 42.5 Å². The zero-order chi connectivity index (χ0) is 15.5. The molecule has 1 aliphatic rings. The Kier molecular flexibility index (Phi) is 4.00. The number of phenolic OH excluding ortho intramolecular Hbond substituents is 1. The minimum Gasteiger partial charge on any atom is -0.508 e. The Morgan fingerprint density at radius 3 is 2.91 bits per heavy atom. The number of amides is 1. The van der Waals surface area contributed by atoms with E-state index in [4.69, 9.17) is 4.74 Å². The first kappa shape index (κ1) is 14.4. The molecule has 0 bridgehead atoms. The fraction of sp³-hybridized carbons (Fsp3) is 0.278. The number of ether oxygens (including phenoxy) is 1. The molecule has 4 heteroatoms. The minimum atomic E-state index is 0.0141. The van der Waals surface area contributed by atoms with Gasteiger partial charge in [-0.25, -0.2) is 0 Å². The summed E-state index contributed by atoms with van der Waals surface area (Å²) in [6.07, 6.45) is 0.765. The number of rotatable bonds is 3. The van der Waals surface area contributed by atoms with Crippen molar-refractivity contribution in [2.75, 3.05) is 13.2 Å². The van der Waals surface area contributed by atoms with Crippen molar-refractivity contribution in [2.24, 2.45) is 0 Å². The predicted molar refractivity (Wildman–Crippen MR) is 84.2 cm³/mol. The summed E-state index contributed by atoms with van der Waals surface area (Å²) in [5.74, 6) is 1.01. The van der Waals surface area contributed by atoms with Crippen molar-refractivity contribution in [1.82, 2.24) is 4.90 Å². The largest absolute Gasteiger partial charge is 0.508 e. The number of benzene rings is 2. The summed E-state index contributed by atoms with van der Waals surface area (Å²) in [6, 6.07) is 12.6. The van der Waals surface area contributed by atoms with Crippen molar-refractivity contribution < 1.29 is 14.6 Å². The van der Waals surface area contributed by atoms with Crippen molar-refractivity contribution in [3.63, 3.8) is 0 Å². The van der Waals surface area contributed by atoms with Gasteiger partial charge in [0.25, 0.3) is 5.91 Å². The van der Waals surface area contributed by atoms with Crippen LogP contribution in [0.25, 0.3) is 0 Å². The van der Waals surface area contributed by atoms with Gasteiger partial charge in [-0.05, 0) is 54.8 Å². The van der Waals surface area contributed by atoms with E-state index in [1.807, 2.05) is 36.1 Å². The van der Waals surface area contributed by atoms with Crippen molar-refractivity contribution in [1.29, 1.82) is 0 Å². The van der Waals surface area contributed by atoms with Crippen LogP contribution >= 0.6 is 0 Å². The summed E-state index contributed by atoms with van der Waals surface area (Å²) < 4.78 is 5.45. The maximum Gasteiger partial charge on any atom is 0.254 e. The number of carbonyl (C=O) groups excluding carboxylic acids is 1. The molecule has 0 saturated heterocycles. The molecule has 2 aromatic carbocycles. The zero-order valence-electron chi connectivity index (χ0n) is 12.6. The first-order chi connectivity index (χ1) is 10.7.